The van der Waals surface area contributed by atoms with Gasteiger partial charge < -0.3 is 15.3 Å². The van der Waals surface area contributed by atoms with E-state index in [2.05, 4.69) is 12.2 Å². The normalized spacial score (nSPS) is 17.4. The van der Waals surface area contributed by atoms with Crippen LogP contribution in [0.25, 0.3) is 0 Å². The minimum absolute atomic E-state index is 0.167. The van der Waals surface area contributed by atoms with Crippen LogP contribution in [-0.2, 0) is 9.59 Å². The number of carbonyl (C=O) groups is 2. The van der Waals surface area contributed by atoms with Gasteiger partial charge in [0.15, 0.2) is 0 Å². The number of amides is 1. The largest absolute Gasteiger partial charge is 0.481 e. The number of hydrogen-bond acceptors (Lipinski definition) is 3. The number of nitrogens with zero attached hydrogens (tertiary/aromatic N) is 1. The lowest BCUT2D eigenvalue weighted by Gasteiger charge is -2.31. The highest BCUT2D eigenvalue weighted by Crippen LogP contribution is 2.21. The van der Waals surface area contributed by atoms with Crippen LogP contribution in [0.1, 0.15) is 58.3 Å². The molecule has 0 spiro atoms. The number of rotatable bonds is 9. The van der Waals surface area contributed by atoms with Crippen LogP contribution < -0.4 is 5.32 Å². The highest BCUT2D eigenvalue weighted by molar-refractivity contribution is 5.78. The first kappa shape index (κ1) is 18.0. The first-order chi connectivity index (χ1) is 10.0. The van der Waals surface area contributed by atoms with E-state index in [-0.39, 0.29) is 12.3 Å². The van der Waals surface area contributed by atoms with Gasteiger partial charge in [-0.3, -0.25) is 9.59 Å². The van der Waals surface area contributed by atoms with Gasteiger partial charge in [0.05, 0.1) is 6.54 Å². The maximum atomic E-state index is 12.1. The number of hydrogen-bond donors (Lipinski definition) is 2. The van der Waals surface area contributed by atoms with E-state index in [9.17, 15) is 9.59 Å². The molecule has 1 amide bonds. The highest BCUT2D eigenvalue weighted by Gasteiger charge is 2.21. The van der Waals surface area contributed by atoms with Gasteiger partial charge in [0.1, 0.15) is 0 Å². The third kappa shape index (κ3) is 7.46. The number of nitrogens with one attached hydrogen (secondary N) is 1. The summed E-state index contributed by atoms with van der Waals surface area (Å²) < 4.78 is 0. The van der Waals surface area contributed by atoms with Crippen LogP contribution in [0.3, 0.4) is 0 Å². The van der Waals surface area contributed by atoms with Crippen molar-refractivity contribution in [2.75, 3.05) is 20.1 Å². The molecule has 5 nitrogen and oxygen atoms in total. The Bertz CT molecular complexity index is 327. The molecule has 0 saturated heterocycles. The lowest BCUT2D eigenvalue weighted by molar-refractivity contribution is -0.137. The zero-order chi connectivity index (χ0) is 15.7. The molecule has 21 heavy (non-hydrogen) atoms. The fourth-order valence-corrected chi connectivity index (χ4v) is 2.85. The Balaban J connectivity index is 2.10. The molecule has 1 unspecified atom stereocenters. The lowest BCUT2D eigenvalue weighted by atomic mass is 9.94. The van der Waals surface area contributed by atoms with Crippen molar-refractivity contribution in [2.24, 2.45) is 5.92 Å². The summed E-state index contributed by atoms with van der Waals surface area (Å²) in [5.74, 6) is -0.195. The van der Waals surface area contributed by atoms with Crippen LogP contribution in [0.4, 0.5) is 0 Å². The number of carboxylic acid groups (broad SMARTS) is 1. The monoisotopic (exact) mass is 298 g/mol. The fourth-order valence-electron chi connectivity index (χ4n) is 2.85. The molecule has 0 bridgehead atoms. The minimum atomic E-state index is -0.737. The summed E-state index contributed by atoms with van der Waals surface area (Å²) in [6.45, 7) is 3.21. The van der Waals surface area contributed by atoms with Crippen LogP contribution in [0.2, 0.25) is 0 Å². The van der Waals surface area contributed by atoms with Crippen LogP contribution in [0.5, 0.6) is 0 Å². The molecule has 0 heterocycles. The van der Waals surface area contributed by atoms with Crippen molar-refractivity contribution in [3.8, 4) is 0 Å². The van der Waals surface area contributed by atoms with Gasteiger partial charge in [-0.1, -0.05) is 26.2 Å². The number of aliphatic carboxylic acids is 1. The molecule has 1 atom stereocenters. The fraction of sp³-hybridized carbons (Fsp3) is 0.875. The minimum Gasteiger partial charge on any atom is -0.481 e. The topological polar surface area (TPSA) is 69.6 Å². The third-order valence-corrected chi connectivity index (χ3v) is 4.46. The first-order valence-electron chi connectivity index (χ1n) is 8.19. The second-order valence-electron chi connectivity index (χ2n) is 6.30. The van der Waals surface area contributed by atoms with E-state index in [0.29, 0.717) is 24.9 Å². The van der Waals surface area contributed by atoms with Gasteiger partial charge in [-0.25, -0.2) is 0 Å². The lowest BCUT2D eigenvalue weighted by Crippen LogP contribution is -2.43. The van der Waals surface area contributed by atoms with Crippen molar-refractivity contribution in [1.82, 2.24) is 10.2 Å². The summed E-state index contributed by atoms with van der Waals surface area (Å²) in [6.07, 6.45) is 7.87. The molecule has 0 radical (unpaired) electrons. The van der Waals surface area contributed by atoms with E-state index in [0.717, 1.165) is 25.8 Å². The van der Waals surface area contributed by atoms with Crippen LogP contribution >= 0.6 is 0 Å². The van der Waals surface area contributed by atoms with Crippen LogP contribution in [0, 0.1) is 5.92 Å². The Morgan fingerprint density at radius 2 is 1.90 bits per heavy atom. The van der Waals surface area contributed by atoms with E-state index >= 15 is 0 Å². The molecule has 5 heteroatoms. The van der Waals surface area contributed by atoms with Crippen molar-refractivity contribution in [2.45, 2.75) is 64.3 Å². The molecular formula is C16H30N2O3. The van der Waals surface area contributed by atoms with Gasteiger partial charge >= 0.3 is 5.97 Å². The predicted molar refractivity (Wildman–Crippen MR) is 83.2 cm³/mol. The molecule has 122 valence electrons. The van der Waals surface area contributed by atoms with Crippen molar-refractivity contribution in [3.63, 3.8) is 0 Å². The summed E-state index contributed by atoms with van der Waals surface area (Å²) in [7, 11) is 1.91. The molecule has 1 rings (SSSR count). The summed E-state index contributed by atoms with van der Waals surface area (Å²) in [5.41, 5.74) is 0. The molecule has 0 aromatic rings. The SMILES string of the molecule is CC(CCNCC(=O)N(C)C1CCCCC1)CCC(=O)O. The van der Waals surface area contributed by atoms with Gasteiger partial charge in [0.25, 0.3) is 0 Å². The second kappa shape index (κ2) is 9.77. The third-order valence-electron chi connectivity index (χ3n) is 4.46. The van der Waals surface area contributed by atoms with Crippen molar-refractivity contribution in [3.05, 3.63) is 0 Å². The van der Waals surface area contributed by atoms with E-state index in [1.54, 1.807) is 0 Å². The molecule has 0 aromatic heterocycles. The molecule has 1 aliphatic rings. The summed E-state index contributed by atoms with van der Waals surface area (Å²) in [4.78, 5) is 24.5. The molecule has 1 fully saturated rings. The Labute approximate surface area is 128 Å². The van der Waals surface area contributed by atoms with Gasteiger partial charge in [-0.2, -0.15) is 0 Å². The molecule has 2 N–H and O–H groups in total. The maximum absolute atomic E-state index is 12.1. The van der Waals surface area contributed by atoms with Crippen molar-refractivity contribution < 1.29 is 14.7 Å². The summed E-state index contributed by atoms with van der Waals surface area (Å²) >= 11 is 0. The average Bonchev–Trinajstić information content (AvgIpc) is 2.49. The summed E-state index contributed by atoms with van der Waals surface area (Å²) in [5, 5.41) is 11.8. The Kier molecular flexibility index (Phi) is 8.35. The van der Waals surface area contributed by atoms with Crippen LogP contribution in [-0.4, -0.2) is 48.1 Å². The predicted octanol–water partition coefficient (Wildman–Crippen LogP) is 2.26. The second-order valence-corrected chi connectivity index (χ2v) is 6.30. The van der Waals surface area contributed by atoms with E-state index in [1.165, 1.54) is 19.3 Å². The van der Waals surface area contributed by atoms with Gasteiger partial charge in [-0.05, 0) is 38.1 Å². The van der Waals surface area contributed by atoms with Gasteiger partial charge in [-0.15, -0.1) is 0 Å². The quantitative estimate of drug-likeness (QED) is 0.641. The van der Waals surface area contributed by atoms with E-state index in [4.69, 9.17) is 5.11 Å². The Morgan fingerprint density at radius 1 is 1.24 bits per heavy atom. The van der Waals surface area contributed by atoms with Gasteiger partial charge in [0.2, 0.25) is 5.91 Å². The molecule has 1 saturated carbocycles. The number of carboxylic acids is 1. The zero-order valence-corrected chi connectivity index (χ0v) is 13.4. The molecule has 0 aliphatic heterocycles. The maximum Gasteiger partial charge on any atom is 0.303 e. The molecule has 0 aromatic carbocycles. The summed E-state index contributed by atoms with van der Waals surface area (Å²) in [6, 6.07) is 0.419. The Morgan fingerprint density at radius 3 is 2.52 bits per heavy atom. The standard InChI is InChI=1S/C16H30N2O3/c1-13(8-9-16(20)21)10-11-17-12-15(19)18(2)14-6-4-3-5-7-14/h13-14,17H,3-12H2,1-2H3,(H,20,21). The van der Waals surface area contributed by atoms with Crippen LogP contribution in [0.15, 0.2) is 0 Å². The smallest absolute Gasteiger partial charge is 0.303 e. The molecule has 1 aliphatic carbocycles. The zero-order valence-electron chi connectivity index (χ0n) is 13.4. The van der Waals surface area contributed by atoms with E-state index < -0.39 is 5.97 Å². The molecular weight excluding hydrogens is 268 g/mol. The first-order valence-corrected chi connectivity index (χ1v) is 8.19. The average molecular weight is 298 g/mol. The Hall–Kier alpha value is -1.10. The van der Waals surface area contributed by atoms with Crippen molar-refractivity contribution in [1.29, 1.82) is 0 Å². The van der Waals surface area contributed by atoms with Crippen molar-refractivity contribution >= 4 is 11.9 Å². The highest BCUT2D eigenvalue weighted by atomic mass is 16.4. The van der Waals surface area contributed by atoms with Gasteiger partial charge in [0, 0.05) is 19.5 Å². The number of likely N-dealkylation sites (N-methyl/N-ethyl adjacent to an activating group) is 1. The number of carbonyl (C=O) groups excluding carboxylic acids is 1. The van der Waals surface area contributed by atoms with E-state index in [1.807, 2.05) is 11.9 Å².